The highest BCUT2D eigenvalue weighted by Crippen LogP contribution is 2.34. The second kappa shape index (κ2) is 7.18. The number of aryl methyl sites for hydroxylation is 1. The summed E-state index contributed by atoms with van der Waals surface area (Å²) in [6, 6.07) is 3.44. The van der Waals surface area contributed by atoms with E-state index in [9.17, 15) is 18.7 Å². The Balaban J connectivity index is 1.86. The maximum atomic E-state index is 13.5. The van der Waals surface area contributed by atoms with Crippen LogP contribution in [0.4, 0.5) is 8.78 Å². The number of nitrogens with zero attached hydrogens (tertiary/aromatic N) is 1. The fourth-order valence-electron chi connectivity index (χ4n) is 2.98. The molecule has 0 aliphatic carbocycles. The Kier molecular flexibility index (Phi) is 5.51. The van der Waals surface area contributed by atoms with Crippen LogP contribution in [0.25, 0.3) is 0 Å². The number of carbonyl (C=O) groups excluding carboxylic acids is 1. The van der Waals surface area contributed by atoms with Gasteiger partial charge in [0.2, 0.25) is 5.91 Å². The Labute approximate surface area is 129 Å². The summed E-state index contributed by atoms with van der Waals surface area (Å²) in [5.74, 6) is -1.22. The highest BCUT2D eigenvalue weighted by Gasteiger charge is 2.33. The van der Waals surface area contributed by atoms with E-state index in [1.807, 2.05) is 0 Å². The molecule has 1 aliphatic rings. The van der Waals surface area contributed by atoms with Crippen molar-refractivity contribution < 1.29 is 18.7 Å². The molecule has 0 radical (unpaired) electrons. The summed E-state index contributed by atoms with van der Waals surface area (Å²) >= 11 is 0. The minimum Gasteiger partial charge on any atom is -0.396 e. The van der Waals surface area contributed by atoms with E-state index in [4.69, 9.17) is 0 Å². The summed E-state index contributed by atoms with van der Waals surface area (Å²) in [7, 11) is 0. The van der Waals surface area contributed by atoms with E-state index < -0.39 is 11.6 Å². The Morgan fingerprint density at radius 1 is 1.32 bits per heavy atom. The first kappa shape index (κ1) is 16.9. The van der Waals surface area contributed by atoms with Crippen LogP contribution in [0.3, 0.4) is 0 Å². The molecule has 2 rings (SSSR count). The second-order valence-corrected chi connectivity index (χ2v) is 6.13. The van der Waals surface area contributed by atoms with Crippen LogP contribution in [0.15, 0.2) is 18.2 Å². The lowest BCUT2D eigenvalue weighted by Gasteiger charge is -2.40. The number of amides is 1. The fraction of sp³-hybridized carbons (Fsp3) is 0.588. The first-order chi connectivity index (χ1) is 10.5. The molecular formula is C17H23F2NO2. The average Bonchev–Trinajstić information content (AvgIpc) is 2.54. The van der Waals surface area contributed by atoms with Gasteiger partial charge in [-0.15, -0.1) is 0 Å². The van der Waals surface area contributed by atoms with Crippen molar-refractivity contribution in [2.45, 2.75) is 39.0 Å². The minimum absolute atomic E-state index is 0.00799. The van der Waals surface area contributed by atoms with E-state index in [-0.39, 0.29) is 30.8 Å². The maximum absolute atomic E-state index is 13.5. The molecule has 1 fully saturated rings. The fourth-order valence-corrected chi connectivity index (χ4v) is 2.98. The van der Waals surface area contributed by atoms with Gasteiger partial charge in [0.15, 0.2) is 0 Å². The molecule has 0 unspecified atom stereocenters. The van der Waals surface area contributed by atoms with Crippen molar-refractivity contribution in [1.29, 1.82) is 0 Å². The topological polar surface area (TPSA) is 40.5 Å². The van der Waals surface area contributed by atoms with Gasteiger partial charge in [0.05, 0.1) is 0 Å². The molecule has 1 amide bonds. The molecule has 1 aromatic carbocycles. The van der Waals surface area contributed by atoms with Gasteiger partial charge in [0, 0.05) is 32.2 Å². The van der Waals surface area contributed by atoms with Gasteiger partial charge in [-0.25, -0.2) is 8.78 Å². The summed E-state index contributed by atoms with van der Waals surface area (Å²) in [6.45, 7) is 3.50. The molecule has 1 aliphatic heterocycles. The van der Waals surface area contributed by atoms with E-state index in [1.165, 1.54) is 12.1 Å². The van der Waals surface area contributed by atoms with Crippen LogP contribution in [0.5, 0.6) is 0 Å². The van der Waals surface area contributed by atoms with Crippen LogP contribution < -0.4 is 0 Å². The molecule has 1 saturated heterocycles. The van der Waals surface area contributed by atoms with Crippen LogP contribution in [0, 0.1) is 17.0 Å². The number of aliphatic hydroxyl groups excluding tert-OH is 1. The molecule has 3 nitrogen and oxygen atoms in total. The monoisotopic (exact) mass is 311 g/mol. The number of piperidine rings is 1. The third kappa shape index (κ3) is 3.83. The van der Waals surface area contributed by atoms with Crippen molar-refractivity contribution in [2.24, 2.45) is 5.41 Å². The number of rotatable bonds is 5. The van der Waals surface area contributed by atoms with Gasteiger partial charge < -0.3 is 10.0 Å². The molecule has 122 valence electrons. The van der Waals surface area contributed by atoms with Crippen molar-refractivity contribution >= 4 is 5.91 Å². The standard InChI is InChI=1S/C17H23F2NO2/c1-2-17(12-21)7-9-20(10-8-17)16(22)6-4-13-3-5-14(18)11-15(13)19/h3,5,11,21H,2,4,6-10,12H2,1H3. The first-order valence-corrected chi connectivity index (χ1v) is 7.82. The van der Waals surface area contributed by atoms with Crippen molar-refractivity contribution in [3.05, 3.63) is 35.4 Å². The number of carbonyl (C=O) groups is 1. The normalized spacial score (nSPS) is 17.5. The predicted octanol–water partition coefficient (Wildman–Crippen LogP) is 2.91. The van der Waals surface area contributed by atoms with Gasteiger partial charge in [-0.05, 0) is 42.7 Å². The summed E-state index contributed by atoms with van der Waals surface area (Å²) in [5.41, 5.74) is 0.310. The van der Waals surface area contributed by atoms with E-state index in [1.54, 1.807) is 4.90 Å². The van der Waals surface area contributed by atoms with Gasteiger partial charge in [-0.1, -0.05) is 13.0 Å². The van der Waals surface area contributed by atoms with E-state index >= 15 is 0 Å². The van der Waals surface area contributed by atoms with E-state index in [0.29, 0.717) is 18.7 Å². The van der Waals surface area contributed by atoms with Gasteiger partial charge in [-0.2, -0.15) is 0 Å². The van der Waals surface area contributed by atoms with Gasteiger partial charge >= 0.3 is 0 Å². The average molecular weight is 311 g/mol. The van der Waals surface area contributed by atoms with Gasteiger partial charge in [0.25, 0.3) is 0 Å². The summed E-state index contributed by atoms with van der Waals surface area (Å²) in [5, 5.41) is 9.50. The summed E-state index contributed by atoms with van der Waals surface area (Å²) in [6.07, 6.45) is 3.01. The smallest absolute Gasteiger partial charge is 0.222 e. The zero-order valence-electron chi connectivity index (χ0n) is 12.9. The van der Waals surface area contributed by atoms with Crippen LogP contribution in [-0.2, 0) is 11.2 Å². The lowest BCUT2D eigenvalue weighted by molar-refractivity contribution is -0.134. The lowest BCUT2D eigenvalue weighted by atomic mass is 9.77. The predicted molar refractivity (Wildman–Crippen MR) is 80.3 cm³/mol. The number of likely N-dealkylation sites (tertiary alicyclic amines) is 1. The third-order valence-electron chi connectivity index (χ3n) is 4.89. The van der Waals surface area contributed by atoms with Crippen molar-refractivity contribution in [1.82, 2.24) is 4.90 Å². The van der Waals surface area contributed by atoms with Crippen LogP contribution in [-0.4, -0.2) is 35.6 Å². The maximum Gasteiger partial charge on any atom is 0.222 e. The van der Waals surface area contributed by atoms with E-state index in [0.717, 1.165) is 25.3 Å². The molecule has 1 N–H and O–H groups in total. The first-order valence-electron chi connectivity index (χ1n) is 7.82. The molecule has 22 heavy (non-hydrogen) atoms. The SMILES string of the molecule is CCC1(CO)CCN(C(=O)CCc2ccc(F)cc2F)CC1. The zero-order valence-corrected chi connectivity index (χ0v) is 12.9. The highest BCUT2D eigenvalue weighted by molar-refractivity contribution is 5.76. The third-order valence-corrected chi connectivity index (χ3v) is 4.89. The lowest BCUT2D eigenvalue weighted by Crippen LogP contribution is -2.44. The highest BCUT2D eigenvalue weighted by atomic mass is 19.1. The molecule has 0 bridgehead atoms. The Morgan fingerprint density at radius 2 is 2.00 bits per heavy atom. The number of halogens is 2. The molecule has 1 aromatic rings. The largest absolute Gasteiger partial charge is 0.396 e. The van der Waals surface area contributed by atoms with Crippen molar-refractivity contribution in [3.63, 3.8) is 0 Å². The molecular weight excluding hydrogens is 288 g/mol. The molecule has 0 aromatic heterocycles. The number of hydrogen-bond donors (Lipinski definition) is 1. The van der Waals surface area contributed by atoms with Crippen molar-refractivity contribution in [3.8, 4) is 0 Å². The molecule has 0 atom stereocenters. The Morgan fingerprint density at radius 3 is 2.55 bits per heavy atom. The van der Waals surface area contributed by atoms with Crippen LogP contribution in [0.1, 0.15) is 38.2 Å². The summed E-state index contributed by atoms with van der Waals surface area (Å²) in [4.78, 5) is 14.0. The Bertz CT molecular complexity index is 519. The van der Waals surface area contributed by atoms with Crippen molar-refractivity contribution in [2.75, 3.05) is 19.7 Å². The number of aliphatic hydroxyl groups is 1. The number of benzene rings is 1. The number of hydrogen-bond acceptors (Lipinski definition) is 2. The van der Waals surface area contributed by atoms with Gasteiger partial charge in [0.1, 0.15) is 11.6 Å². The van der Waals surface area contributed by atoms with Crippen LogP contribution in [0.2, 0.25) is 0 Å². The van der Waals surface area contributed by atoms with Gasteiger partial charge in [-0.3, -0.25) is 4.79 Å². The quantitative estimate of drug-likeness (QED) is 0.908. The molecule has 1 heterocycles. The molecule has 5 heteroatoms. The minimum atomic E-state index is -0.608. The zero-order chi connectivity index (χ0) is 16.2. The summed E-state index contributed by atoms with van der Waals surface area (Å²) < 4.78 is 26.4. The molecule has 0 saturated carbocycles. The molecule has 0 spiro atoms. The van der Waals surface area contributed by atoms with Crippen LogP contribution >= 0.6 is 0 Å². The second-order valence-electron chi connectivity index (χ2n) is 6.13. The Hall–Kier alpha value is -1.49. The van der Waals surface area contributed by atoms with E-state index in [2.05, 4.69) is 6.92 Å².